The maximum atomic E-state index is 12.7. The first-order chi connectivity index (χ1) is 14.9. The zero-order chi connectivity index (χ0) is 21.9. The second-order valence-electron chi connectivity index (χ2n) is 7.56. The minimum Gasteiger partial charge on any atom is -0.490 e. The second-order valence-corrected chi connectivity index (χ2v) is 7.56. The number of ether oxygens (including phenoxy) is 3. The first kappa shape index (κ1) is 21.6. The van der Waals surface area contributed by atoms with Crippen LogP contribution in [0.2, 0.25) is 0 Å². The van der Waals surface area contributed by atoms with E-state index in [4.69, 9.17) is 9.47 Å². The van der Waals surface area contributed by atoms with Gasteiger partial charge in [-0.15, -0.1) is 13.2 Å². The summed E-state index contributed by atoms with van der Waals surface area (Å²) in [4.78, 5) is 0. The van der Waals surface area contributed by atoms with Gasteiger partial charge in [-0.3, -0.25) is 0 Å². The van der Waals surface area contributed by atoms with Crippen LogP contribution < -0.4 is 14.8 Å². The number of alkyl halides is 4. The van der Waals surface area contributed by atoms with Crippen molar-refractivity contribution in [3.63, 3.8) is 0 Å². The fourth-order valence-corrected chi connectivity index (χ4v) is 4.26. The van der Waals surface area contributed by atoms with Crippen molar-refractivity contribution >= 4 is 5.57 Å². The molecular formula is C23H23F4NO3. The molecule has 0 radical (unpaired) electrons. The summed E-state index contributed by atoms with van der Waals surface area (Å²) in [7, 11) is 0. The van der Waals surface area contributed by atoms with Gasteiger partial charge in [0, 0.05) is 5.56 Å². The van der Waals surface area contributed by atoms with Crippen LogP contribution in [0.15, 0.2) is 54.6 Å². The van der Waals surface area contributed by atoms with Crippen LogP contribution >= 0.6 is 0 Å². The van der Waals surface area contributed by atoms with Crippen LogP contribution in [-0.2, 0) is 4.74 Å². The Balaban J connectivity index is 1.71. The van der Waals surface area contributed by atoms with Gasteiger partial charge in [0.1, 0.15) is 30.4 Å². The van der Waals surface area contributed by atoms with E-state index >= 15 is 0 Å². The van der Waals surface area contributed by atoms with E-state index in [1.807, 2.05) is 36.4 Å². The normalized spacial score (nSPS) is 23.6. The fourth-order valence-electron chi connectivity index (χ4n) is 4.26. The first-order valence-electron chi connectivity index (χ1n) is 10.1. The van der Waals surface area contributed by atoms with Gasteiger partial charge in [-0.2, -0.15) is 0 Å². The molecule has 2 heterocycles. The molecule has 0 aromatic heterocycles. The third kappa shape index (κ3) is 4.85. The lowest BCUT2D eigenvalue weighted by Crippen LogP contribution is -2.47. The molecule has 1 unspecified atom stereocenters. The predicted molar refractivity (Wildman–Crippen MR) is 108 cm³/mol. The Morgan fingerprint density at radius 1 is 1.13 bits per heavy atom. The van der Waals surface area contributed by atoms with Gasteiger partial charge in [-0.05, 0) is 54.8 Å². The molecule has 4 nitrogen and oxygen atoms in total. The van der Waals surface area contributed by atoms with Crippen LogP contribution in [0, 0.1) is 0 Å². The lowest BCUT2D eigenvalue weighted by Gasteiger charge is -2.40. The van der Waals surface area contributed by atoms with Gasteiger partial charge >= 0.3 is 6.36 Å². The molecule has 1 saturated heterocycles. The van der Waals surface area contributed by atoms with Crippen LogP contribution in [0.1, 0.15) is 30.0 Å². The van der Waals surface area contributed by atoms with E-state index in [0.29, 0.717) is 16.9 Å². The van der Waals surface area contributed by atoms with E-state index in [-0.39, 0.29) is 25.0 Å². The smallest absolute Gasteiger partial charge is 0.490 e. The molecule has 0 aliphatic carbocycles. The van der Waals surface area contributed by atoms with Gasteiger partial charge in [-0.25, -0.2) is 4.39 Å². The Labute approximate surface area is 177 Å². The van der Waals surface area contributed by atoms with Crippen LogP contribution in [0.3, 0.4) is 0 Å². The number of rotatable bonds is 6. The molecule has 2 atom stereocenters. The van der Waals surface area contributed by atoms with Crippen LogP contribution in [0.25, 0.3) is 5.57 Å². The summed E-state index contributed by atoms with van der Waals surface area (Å²) in [6.07, 6.45) is -1.18. The predicted octanol–water partition coefficient (Wildman–Crippen LogP) is 5.21. The highest BCUT2D eigenvalue weighted by atomic mass is 19.4. The molecule has 166 valence electrons. The molecule has 1 fully saturated rings. The molecular weight excluding hydrogens is 414 g/mol. The Bertz CT molecular complexity index is 932. The Morgan fingerprint density at radius 3 is 2.68 bits per heavy atom. The van der Waals surface area contributed by atoms with Crippen molar-refractivity contribution in [2.24, 2.45) is 0 Å². The number of halogens is 4. The summed E-state index contributed by atoms with van der Waals surface area (Å²) in [5.74, 6) is -0.0718. The highest BCUT2D eigenvalue weighted by molar-refractivity contribution is 5.75. The lowest BCUT2D eigenvalue weighted by atomic mass is 9.81. The van der Waals surface area contributed by atoms with Gasteiger partial charge in [-0.1, -0.05) is 30.3 Å². The van der Waals surface area contributed by atoms with E-state index in [1.165, 1.54) is 12.1 Å². The highest BCUT2D eigenvalue weighted by Gasteiger charge is 2.44. The van der Waals surface area contributed by atoms with E-state index in [2.05, 4.69) is 10.1 Å². The van der Waals surface area contributed by atoms with Gasteiger partial charge in [0.2, 0.25) is 0 Å². The maximum Gasteiger partial charge on any atom is 0.573 e. The third-order valence-electron chi connectivity index (χ3n) is 5.49. The van der Waals surface area contributed by atoms with Crippen molar-refractivity contribution in [1.82, 2.24) is 5.32 Å². The van der Waals surface area contributed by atoms with Crippen molar-refractivity contribution in [3.05, 3.63) is 65.7 Å². The summed E-state index contributed by atoms with van der Waals surface area (Å²) in [6.45, 7) is 0.139. The number of nitrogens with one attached hydrogen (secondary N) is 1. The molecule has 2 aromatic carbocycles. The SMILES string of the molecule is FCCOc1ccc(OC(F)(F)F)cc1C1=C[C@]2(CCCNC2c2ccccc2)OC1. The highest BCUT2D eigenvalue weighted by Crippen LogP contribution is 2.45. The van der Waals surface area contributed by atoms with Crippen LogP contribution in [-0.4, -0.2) is 38.4 Å². The minimum absolute atomic E-state index is 0.0928. The van der Waals surface area contributed by atoms with Gasteiger partial charge in [0.25, 0.3) is 0 Å². The van der Waals surface area contributed by atoms with Crippen molar-refractivity contribution < 1.29 is 31.8 Å². The molecule has 0 saturated carbocycles. The molecule has 0 amide bonds. The summed E-state index contributed by atoms with van der Waals surface area (Å²) in [6, 6.07) is 13.6. The summed E-state index contributed by atoms with van der Waals surface area (Å²) in [5.41, 5.74) is 1.53. The third-order valence-corrected chi connectivity index (χ3v) is 5.49. The van der Waals surface area contributed by atoms with Gasteiger partial charge < -0.3 is 19.5 Å². The molecule has 1 spiro atoms. The lowest BCUT2D eigenvalue weighted by molar-refractivity contribution is -0.274. The zero-order valence-electron chi connectivity index (χ0n) is 16.8. The van der Waals surface area contributed by atoms with Crippen LogP contribution in [0.5, 0.6) is 11.5 Å². The molecule has 2 aliphatic rings. The fraction of sp³-hybridized carbons (Fsp3) is 0.391. The minimum atomic E-state index is -4.81. The molecule has 4 rings (SSSR count). The summed E-state index contributed by atoms with van der Waals surface area (Å²) >= 11 is 0. The number of piperidine rings is 1. The second kappa shape index (κ2) is 8.88. The number of hydrogen-bond acceptors (Lipinski definition) is 4. The van der Waals surface area contributed by atoms with Crippen LogP contribution in [0.4, 0.5) is 17.6 Å². The van der Waals surface area contributed by atoms with Crippen molar-refractivity contribution in [3.8, 4) is 11.5 Å². The Kier molecular flexibility index (Phi) is 6.20. The maximum absolute atomic E-state index is 12.7. The number of hydrogen-bond donors (Lipinski definition) is 1. The van der Waals surface area contributed by atoms with E-state index in [9.17, 15) is 17.6 Å². The molecule has 2 aliphatic heterocycles. The largest absolute Gasteiger partial charge is 0.573 e. The topological polar surface area (TPSA) is 39.7 Å². The zero-order valence-corrected chi connectivity index (χ0v) is 16.8. The number of benzene rings is 2. The van der Waals surface area contributed by atoms with E-state index in [0.717, 1.165) is 31.0 Å². The van der Waals surface area contributed by atoms with E-state index in [1.54, 1.807) is 0 Å². The average Bonchev–Trinajstić information content (AvgIpc) is 3.16. The molecule has 8 heteroatoms. The van der Waals surface area contributed by atoms with Gasteiger partial charge in [0.15, 0.2) is 0 Å². The average molecular weight is 437 g/mol. The molecule has 2 aromatic rings. The Morgan fingerprint density at radius 2 is 1.94 bits per heavy atom. The molecule has 31 heavy (non-hydrogen) atoms. The Hall–Kier alpha value is -2.58. The summed E-state index contributed by atoms with van der Waals surface area (Å²) < 4.78 is 66.6. The van der Waals surface area contributed by atoms with E-state index < -0.39 is 18.6 Å². The quantitative estimate of drug-likeness (QED) is 0.630. The van der Waals surface area contributed by atoms with Gasteiger partial charge in [0.05, 0.1) is 12.6 Å². The standard InChI is InChI=1S/C23H23F4NO3/c24-10-12-29-20-8-7-18(31-23(25,26)27)13-19(20)17-14-22(30-15-17)9-4-11-28-21(22)16-5-2-1-3-6-16/h1-3,5-8,13-14,21,28H,4,9-12,15H2/t21?,22-/m0/s1. The molecule has 0 bridgehead atoms. The summed E-state index contributed by atoms with van der Waals surface area (Å²) in [5, 5.41) is 3.51. The van der Waals surface area contributed by atoms with Crippen molar-refractivity contribution in [2.45, 2.75) is 30.8 Å². The molecule has 1 N–H and O–H groups in total. The first-order valence-corrected chi connectivity index (χ1v) is 10.1. The monoisotopic (exact) mass is 437 g/mol. The van der Waals surface area contributed by atoms with Crippen molar-refractivity contribution in [1.29, 1.82) is 0 Å². The van der Waals surface area contributed by atoms with Crippen molar-refractivity contribution in [2.75, 3.05) is 26.4 Å².